The molecule has 1 amide bonds. The van der Waals surface area contributed by atoms with Crippen LogP contribution >= 0.6 is 23.2 Å². The maximum atomic E-state index is 12.2. The molecule has 2 aliphatic rings. The van der Waals surface area contributed by atoms with Crippen molar-refractivity contribution in [2.24, 2.45) is 0 Å². The second-order valence-corrected chi connectivity index (χ2v) is 6.35. The normalized spacial score (nSPS) is 23.0. The molecule has 1 aliphatic heterocycles. The molecule has 1 heterocycles. The van der Waals surface area contributed by atoms with Crippen LogP contribution < -0.4 is 11.1 Å². The van der Waals surface area contributed by atoms with Gasteiger partial charge in [-0.25, -0.2) is 0 Å². The van der Waals surface area contributed by atoms with Gasteiger partial charge in [-0.1, -0.05) is 23.2 Å². The van der Waals surface area contributed by atoms with Gasteiger partial charge in [-0.3, -0.25) is 9.69 Å². The van der Waals surface area contributed by atoms with E-state index in [-0.39, 0.29) is 11.9 Å². The summed E-state index contributed by atoms with van der Waals surface area (Å²) in [5.41, 5.74) is 6.44. The Morgan fingerprint density at radius 3 is 2.50 bits per heavy atom. The van der Waals surface area contributed by atoms with E-state index < -0.39 is 0 Å². The molecule has 3 rings (SSSR count). The molecule has 0 spiro atoms. The maximum Gasteiger partial charge on any atom is 0.251 e. The van der Waals surface area contributed by atoms with Gasteiger partial charge in [0.05, 0.1) is 15.7 Å². The molecule has 1 saturated carbocycles. The number of halogens is 2. The third-order valence-corrected chi connectivity index (χ3v) is 4.58. The van der Waals surface area contributed by atoms with Crippen molar-refractivity contribution in [1.82, 2.24) is 10.2 Å². The lowest BCUT2D eigenvalue weighted by molar-refractivity contribution is 0.0937. The van der Waals surface area contributed by atoms with E-state index in [2.05, 4.69) is 10.2 Å². The van der Waals surface area contributed by atoms with Crippen LogP contribution in [0.1, 0.15) is 29.6 Å². The van der Waals surface area contributed by atoms with Crippen molar-refractivity contribution in [1.29, 1.82) is 0 Å². The Balaban J connectivity index is 1.64. The van der Waals surface area contributed by atoms with E-state index in [1.165, 1.54) is 12.8 Å². The fraction of sp³-hybridized carbons (Fsp3) is 0.500. The molecule has 0 bridgehead atoms. The molecule has 1 unspecified atom stereocenters. The summed E-state index contributed by atoms with van der Waals surface area (Å²) in [5, 5.41) is 3.67. The van der Waals surface area contributed by atoms with Gasteiger partial charge in [0, 0.05) is 30.7 Å². The molecule has 6 heteroatoms. The van der Waals surface area contributed by atoms with Crippen molar-refractivity contribution in [3.8, 4) is 0 Å². The molecule has 3 N–H and O–H groups in total. The van der Waals surface area contributed by atoms with Gasteiger partial charge >= 0.3 is 0 Å². The minimum absolute atomic E-state index is 0.142. The lowest BCUT2D eigenvalue weighted by Crippen LogP contribution is -2.37. The number of likely N-dealkylation sites (tertiary alicyclic amines) is 1. The number of carbonyl (C=O) groups is 1. The first-order valence-electron chi connectivity index (χ1n) is 6.84. The van der Waals surface area contributed by atoms with Crippen LogP contribution in [-0.2, 0) is 0 Å². The van der Waals surface area contributed by atoms with Crippen molar-refractivity contribution in [2.75, 3.05) is 18.8 Å². The van der Waals surface area contributed by atoms with Crippen LogP contribution in [0, 0.1) is 0 Å². The average Bonchev–Trinajstić information content (AvgIpc) is 3.16. The van der Waals surface area contributed by atoms with Crippen LogP contribution in [-0.4, -0.2) is 36.0 Å². The van der Waals surface area contributed by atoms with Gasteiger partial charge in [-0.15, -0.1) is 0 Å². The number of amides is 1. The highest BCUT2D eigenvalue weighted by molar-refractivity contribution is 6.39. The summed E-state index contributed by atoms with van der Waals surface area (Å²) in [4.78, 5) is 14.7. The first kappa shape index (κ1) is 14.0. The molecule has 0 radical (unpaired) electrons. The number of carbonyl (C=O) groups excluding carboxylic acids is 1. The fourth-order valence-corrected chi connectivity index (χ4v) is 3.15. The smallest absolute Gasteiger partial charge is 0.251 e. The third-order valence-electron chi connectivity index (χ3n) is 3.96. The Bertz CT molecular complexity index is 522. The van der Waals surface area contributed by atoms with Gasteiger partial charge in [-0.05, 0) is 31.4 Å². The Labute approximate surface area is 128 Å². The predicted molar refractivity (Wildman–Crippen MR) is 81.3 cm³/mol. The topological polar surface area (TPSA) is 58.4 Å². The first-order valence-corrected chi connectivity index (χ1v) is 7.59. The van der Waals surface area contributed by atoms with Crippen molar-refractivity contribution < 1.29 is 4.79 Å². The van der Waals surface area contributed by atoms with Crippen LogP contribution in [0.3, 0.4) is 0 Å². The fourth-order valence-electron chi connectivity index (χ4n) is 2.66. The van der Waals surface area contributed by atoms with Gasteiger partial charge in [-0.2, -0.15) is 0 Å². The van der Waals surface area contributed by atoms with E-state index in [9.17, 15) is 4.79 Å². The Kier molecular flexibility index (Phi) is 3.80. The third kappa shape index (κ3) is 2.87. The molecule has 2 fully saturated rings. The van der Waals surface area contributed by atoms with Gasteiger partial charge in [0.15, 0.2) is 0 Å². The van der Waals surface area contributed by atoms with Crippen molar-refractivity contribution in [3.05, 3.63) is 27.7 Å². The zero-order valence-corrected chi connectivity index (χ0v) is 12.5. The largest absolute Gasteiger partial charge is 0.396 e. The number of nitrogen functional groups attached to an aromatic ring is 1. The molecule has 108 valence electrons. The van der Waals surface area contributed by atoms with Crippen molar-refractivity contribution in [2.45, 2.75) is 31.3 Å². The van der Waals surface area contributed by atoms with Crippen LogP contribution in [0.4, 0.5) is 5.69 Å². The number of rotatable bonds is 3. The summed E-state index contributed by atoms with van der Waals surface area (Å²) in [6.07, 6.45) is 3.59. The molecular weight excluding hydrogens is 297 g/mol. The highest BCUT2D eigenvalue weighted by Gasteiger charge is 2.34. The molecular formula is C14H17Cl2N3O. The van der Waals surface area contributed by atoms with Crippen molar-refractivity contribution >= 4 is 34.8 Å². The predicted octanol–water partition coefficient (Wildman–Crippen LogP) is 2.54. The molecule has 1 atom stereocenters. The number of hydrogen-bond donors (Lipinski definition) is 2. The lowest BCUT2D eigenvalue weighted by atomic mass is 10.1. The second kappa shape index (κ2) is 5.43. The van der Waals surface area contributed by atoms with Crippen LogP contribution in [0.25, 0.3) is 0 Å². The second-order valence-electron chi connectivity index (χ2n) is 5.54. The monoisotopic (exact) mass is 313 g/mol. The summed E-state index contributed by atoms with van der Waals surface area (Å²) < 4.78 is 0. The Morgan fingerprint density at radius 2 is 1.90 bits per heavy atom. The van der Waals surface area contributed by atoms with Gasteiger partial charge in [0.2, 0.25) is 0 Å². The molecule has 1 aromatic rings. The summed E-state index contributed by atoms with van der Waals surface area (Å²) in [6.45, 7) is 2.01. The van der Waals surface area contributed by atoms with Gasteiger partial charge in [0.25, 0.3) is 5.91 Å². The molecule has 20 heavy (non-hydrogen) atoms. The van der Waals surface area contributed by atoms with Gasteiger partial charge < -0.3 is 11.1 Å². The summed E-state index contributed by atoms with van der Waals surface area (Å²) in [5.74, 6) is -0.142. The zero-order valence-electron chi connectivity index (χ0n) is 11.0. The zero-order chi connectivity index (χ0) is 14.3. The Morgan fingerprint density at radius 1 is 1.25 bits per heavy atom. The summed E-state index contributed by atoms with van der Waals surface area (Å²) in [7, 11) is 0. The molecule has 0 aromatic heterocycles. The standard InChI is InChI=1S/C14H17Cl2N3O/c15-11-5-8(6-12(16)13(11)17)14(20)18-9-3-4-19(7-9)10-1-2-10/h5-6,9-10H,1-4,7,17H2,(H,18,20). The summed E-state index contributed by atoms with van der Waals surface area (Å²) >= 11 is 11.9. The SMILES string of the molecule is Nc1c(Cl)cc(C(=O)NC2CCN(C3CC3)C2)cc1Cl. The highest BCUT2D eigenvalue weighted by atomic mass is 35.5. The number of nitrogens with two attached hydrogens (primary N) is 1. The molecule has 1 aromatic carbocycles. The number of nitrogens with one attached hydrogen (secondary N) is 1. The molecule has 4 nitrogen and oxygen atoms in total. The van der Waals surface area contributed by atoms with E-state index >= 15 is 0 Å². The van der Waals surface area contributed by atoms with Crippen LogP contribution in [0.2, 0.25) is 10.0 Å². The van der Waals surface area contributed by atoms with Crippen LogP contribution in [0.5, 0.6) is 0 Å². The lowest BCUT2D eigenvalue weighted by Gasteiger charge is -2.16. The van der Waals surface area contributed by atoms with E-state index in [4.69, 9.17) is 28.9 Å². The van der Waals surface area contributed by atoms with Crippen LogP contribution in [0.15, 0.2) is 12.1 Å². The van der Waals surface area contributed by atoms with E-state index in [1.807, 2.05) is 0 Å². The number of anilines is 1. The number of hydrogen-bond acceptors (Lipinski definition) is 3. The first-order chi connectivity index (χ1) is 9.54. The minimum atomic E-state index is -0.142. The number of nitrogens with zero attached hydrogens (tertiary/aromatic N) is 1. The minimum Gasteiger partial charge on any atom is -0.396 e. The molecule has 1 saturated heterocycles. The van der Waals surface area contributed by atoms with E-state index in [0.29, 0.717) is 21.3 Å². The average molecular weight is 314 g/mol. The quantitative estimate of drug-likeness (QED) is 0.843. The maximum absolute atomic E-state index is 12.2. The Hall–Kier alpha value is -0.970. The van der Waals surface area contributed by atoms with E-state index in [0.717, 1.165) is 25.6 Å². The number of benzene rings is 1. The summed E-state index contributed by atoms with van der Waals surface area (Å²) in [6, 6.07) is 4.08. The highest BCUT2D eigenvalue weighted by Crippen LogP contribution is 2.31. The molecule has 1 aliphatic carbocycles. The van der Waals surface area contributed by atoms with E-state index in [1.54, 1.807) is 12.1 Å². The van der Waals surface area contributed by atoms with Crippen molar-refractivity contribution in [3.63, 3.8) is 0 Å². The van der Waals surface area contributed by atoms with Gasteiger partial charge in [0.1, 0.15) is 0 Å².